The van der Waals surface area contributed by atoms with Gasteiger partial charge < -0.3 is 10.1 Å². The zero-order valence-corrected chi connectivity index (χ0v) is 11.4. The van der Waals surface area contributed by atoms with Crippen molar-refractivity contribution in [2.75, 3.05) is 13.1 Å². The van der Waals surface area contributed by atoms with Crippen LogP contribution < -0.4 is 10.1 Å². The van der Waals surface area contributed by atoms with Crippen LogP contribution in [0.1, 0.15) is 6.42 Å². The number of hydrogen-bond acceptors (Lipinski definition) is 2. The molecule has 1 N–H and O–H groups in total. The van der Waals surface area contributed by atoms with Gasteiger partial charge in [-0.2, -0.15) is 0 Å². The van der Waals surface area contributed by atoms with Crippen molar-refractivity contribution in [3.05, 3.63) is 27.2 Å². The first kappa shape index (κ1) is 14.2. The van der Waals surface area contributed by atoms with E-state index in [4.69, 9.17) is 39.5 Å². The van der Waals surface area contributed by atoms with Crippen molar-refractivity contribution in [3.63, 3.8) is 0 Å². The van der Waals surface area contributed by atoms with Crippen LogP contribution in [0.3, 0.4) is 0 Å². The second-order valence-corrected chi connectivity index (χ2v) is 4.65. The van der Waals surface area contributed by atoms with Gasteiger partial charge in [-0.15, -0.1) is 12.4 Å². The normalized spacial score (nSPS) is 19.3. The SMILES string of the molecule is Cl.Clc1cc(Cl)c(OC2CCNC2)cc1Cl. The molecule has 16 heavy (non-hydrogen) atoms. The minimum Gasteiger partial charge on any atom is -0.487 e. The zero-order valence-electron chi connectivity index (χ0n) is 8.30. The summed E-state index contributed by atoms with van der Waals surface area (Å²) in [5.74, 6) is 0.597. The van der Waals surface area contributed by atoms with Crippen molar-refractivity contribution >= 4 is 47.2 Å². The van der Waals surface area contributed by atoms with E-state index >= 15 is 0 Å². The molecule has 1 unspecified atom stereocenters. The second kappa shape index (κ2) is 6.18. The molecule has 0 amide bonds. The van der Waals surface area contributed by atoms with E-state index in [-0.39, 0.29) is 18.5 Å². The summed E-state index contributed by atoms with van der Waals surface area (Å²) in [5.41, 5.74) is 0. The molecule has 1 fully saturated rings. The van der Waals surface area contributed by atoms with E-state index in [2.05, 4.69) is 5.32 Å². The van der Waals surface area contributed by atoms with Gasteiger partial charge in [-0.05, 0) is 19.0 Å². The summed E-state index contributed by atoms with van der Waals surface area (Å²) in [4.78, 5) is 0. The lowest BCUT2D eigenvalue weighted by Gasteiger charge is -2.14. The van der Waals surface area contributed by atoms with Crippen LogP contribution in [0, 0.1) is 0 Å². The van der Waals surface area contributed by atoms with Crippen LogP contribution in [-0.4, -0.2) is 19.2 Å². The van der Waals surface area contributed by atoms with Crippen molar-refractivity contribution in [2.45, 2.75) is 12.5 Å². The van der Waals surface area contributed by atoms with Crippen LogP contribution in [0.4, 0.5) is 0 Å². The van der Waals surface area contributed by atoms with E-state index in [0.29, 0.717) is 20.8 Å². The molecule has 1 heterocycles. The average molecular weight is 303 g/mol. The molecule has 1 aliphatic heterocycles. The van der Waals surface area contributed by atoms with Crippen LogP contribution in [0.5, 0.6) is 5.75 Å². The molecule has 0 aromatic heterocycles. The summed E-state index contributed by atoms with van der Waals surface area (Å²) in [6, 6.07) is 3.26. The number of halogens is 4. The van der Waals surface area contributed by atoms with Crippen LogP contribution >= 0.6 is 47.2 Å². The highest BCUT2D eigenvalue weighted by molar-refractivity contribution is 6.43. The number of rotatable bonds is 2. The molecule has 1 aromatic carbocycles. The molecule has 0 aliphatic carbocycles. The van der Waals surface area contributed by atoms with E-state index in [1.54, 1.807) is 12.1 Å². The number of hydrogen-bond donors (Lipinski definition) is 1. The van der Waals surface area contributed by atoms with Crippen molar-refractivity contribution in [1.82, 2.24) is 5.32 Å². The molecule has 2 nitrogen and oxygen atoms in total. The quantitative estimate of drug-likeness (QED) is 0.839. The Kier molecular flexibility index (Phi) is 5.48. The fourth-order valence-corrected chi connectivity index (χ4v) is 2.08. The predicted molar refractivity (Wildman–Crippen MR) is 70.6 cm³/mol. The van der Waals surface area contributed by atoms with Gasteiger partial charge in [-0.25, -0.2) is 0 Å². The number of benzene rings is 1. The summed E-state index contributed by atoms with van der Waals surface area (Å²) in [6.45, 7) is 1.82. The summed E-state index contributed by atoms with van der Waals surface area (Å²) in [7, 11) is 0. The Labute approximate surface area is 116 Å². The van der Waals surface area contributed by atoms with Gasteiger partial charge in [-0.1, -0.05) is 34.8 Å². The maximum absolute atomic E-state index is 5.99. The Morgan fingerprint density at radius 1 is 1.12 bits per heavy atom. The summed E-state index contributed by atoms with van der Waals surface area (Å²) >= 11 is 17.7. The summed E-state index contributed by atoms with van der Waals surface area (Å²) in [5, 5.41) is 4.61. The van der Waals surface area contributed by atoms with E-state index in [1.807, 2.05) is 0 Å². The molecule has 1 aliphatic rings. The topological polar surface area (TPSA) is 21.3 Å². The lowest BCUT2D eigenvalue weighted by atomic mass is 10.3. The van der Waals surface area contributed by atoms with Crippen molar-refractivity contribution < 1.29 is 4.74 Å². The molecule has 90 valence electrons. The highest BCUT2D eigenvalue weighted by Gasteiger charge is 2.17. The van der Waals surface area contributed by atoms with Crippen molar-refractivity contribution in [2.24, 2.45) is 0 Å². The summed E-state index contributed by atoms with van der Waals surface area (Å²) in [6.07, 6.45) is 1.15. The highest BCUT2D eigenvalue weighted by atomic mass is 35.5. The van der Waals surface area contributed by atoms with E-state index in [1.165, 1.54) is 0 Å². The monoisotopic (exact) mass is 301 g/mol. The van der Waals surface area contributed by atoms with Crippen molar-refractivity contribution in [3.8, 4) is 5.75 Å². The summed E-state index contributed by atoms with van der Waals surface area (Å²) < 4.78 is 5.70. The maximum Gasteiger partial charge on any atom is 0.139 e. The Morgan fingerprint density at radius 3 is 2.44 bits per heavy atom. The van der Waals surface area contributed by atoms with Crippen LogP contribution in [0.25, 0.3) is 0 Å². The van der Waals surface area contributed by atoms with E-state index in [9.17, 15) is 0 Å². The van der Waals surface area contributed by atoms with E-state index < -0.39 is 0 Å². The molecule has 0 spiro atoms. The first-order valence-electron chi connectivity index (χ1n) is 4.69. The number of nitrogens with one attached hydrogen (secondary N) is 1. The third-order valence-electron chi connectivity index (χ3n) is 2.28. The third kappa shape index (κ3) is 3.31. The van der Waals surface area contributed by atoms with Crippen LogP contribution in [-0.2, 0) is 0 Å². The molecule has 6 heteroatoms. The minimum absolute atomic E-state index is 0. The molecule has 0 radical (unpaired) electrons. The van der Waals surface area contributed by atoms with Gasteiger partial charge >= 0.3 is 0 Å². The molecular formula is C10H11Cl4NO. The highest BCUT2D eigenvalue weighted by Crippen LogP contribution is 2.34. The average Bonchev–Trinajstić information content (AvgIpc) is 2.67. The Bertz CT molecular complexity index is 366. The smallest absolute Gasteiger partial charge is 0.139 e. The lowest BCUT2D eigenvalue weighted by molar-refractivity contribution is 0.223. The Balaban J connectivity index is 0.00000128. The van der Waals surface area contributed by atoms with Gasteiger partial charge in [-0.3, -0.25) is 0 Å². The van der Waals surface area contributed by atoms with E-state index in [0.717, 1.165) is 19.5 Å². The molecule has 0 bridgehead atoms. The molecule has 0 saturated carbocycles. The molecule has 1 saturated heterocycles. The van der Waals surface area contributed by atoms with Gasteiger partial charge in [0.05, 0.1) is 15.1 Å². The van der Waals surface area contributed by atoms with Crippen LogP contribution in [0.2, 0.25) is 15.1 Å². The first-order valence-corrected chi connectivity index (χ1v) is 5.82. The minimum atomic E-state index is 0. The molecule has 2 rings (SSSR count). The maximum atomic E-state index is 5.99. The molecule has 1 aromatic rings. The molecule has 1 atom stereocenters. The first-order chi connectivity index (χ1) is 7.16. The predicted octanol–water partition coefficient (Wildman–Crippen LogP) is 3.81. The van der Waals surface area contributed by atoms with Gasteiger partial charge in [0.2, 0.25) is 0 Å². The second-order valence-electron chi connectivity index (χ2n) is 3.43. The third-order valence-corrected chi connectivity index (χ3v) is 3.30. The Hall–Kier alpha value is 0.140. The van der Waals surface area contributed by atoms with Gasteiger partial charge in [0, 0.05) is 12.6 Å². The van der Waals surface area contributed by atoms with Crippen molar-refractivity contribution in [1.29, 1.82) is 0 Å². The standard InChI is InChI=1S/C10H10Cl3NO.ClH/c11-7-3-9(13)10(4-8(7)12)15-6-1-2-14-5-6;/h3-4,6,14H,1-2,5H2;1H. The molecular weight excluding hydrogens is 292 g/mol. The fourth-order valence-electron chi connectivity index (χ4n) is 1.50. The zero-order chi connectivity index (χ0) is 10.8. The van der Waals surface area contributed by atoms with Gasteiger partial charge in [0.1, 0.15) is 11.9 Å². The lowest BCUT2D eigenvalue weighted by Crippen LogP contribution is -2.19. The number of ether oxygens (including phenoxy) is 1. The van der Waals surface area contributed by atoms with Crippen LogP contribution in [0.15, 0.2) is 12.1 Å². The largest absolute Gasteiger partial charge is 0.487 e. The Morgan fingerprint density at radius 2 is 1.81 bits per heavy atom. The van der Waals surface area contributed by atoms with Gasteiger partial charge in [0.25, 0.3) is 0 Å². The van der Waals surface area contributed by atoms with Gasteiger partial charge in [0.15, 0.2) is 0 Å². The fraction of sp³-hybridized carbons (Fsp3) is 0.400.